The number of methoxy groups -OCH3 is 1. The van der Waals surface area contributed by atoms with Gasteiger partial charge < -0.3 is 19.7 Å². The minimum absolute atomic E-state index is 0.130. The van der Waals surface area contributed by atoms with Gasteiger partial charge in [0.15, 0.2) is 0 Å². The predicted octanol–water partition coefficient (Wildman–Crippen LogP) is 2.66. The molecule has 1 aliphatic heterocycles. The van der Waals surface area contributed by atoms with Crippen LogP contribution in [0.1, 0.15) is 33.6 Å². The number of ether oxygens (including phenoxy) is 2. The van der Waals surface area contributed by atoms with Crippen LogP contribution in [0.15, 0.2) is 22.8 Å². The fourth-order valence-electron chi connectivity index (χ4n) is 3.07. The van der Waals surface area contributed by atoms with Crippen LogP contribution >= 0.6 is 15.9 Å². The molecule has 9 nitrogen and oxygen atoms in total. The minimum Gasteiger partial charge on any atom is -0.469 e. The number of amides is 2. The quantitative estimate of drug-likeness (QED) is 0.619. The molecular formula is C20H29BrN4O5. The van der Waals surface area contributed by atoms with Crippen molar-refractivity contribution < 1.29 is 23.9 Å². The first kappa shape index (κ1) is 24.1. The van der Waals surface area contributed by atoms with E-state index in [0.29, 0.717) is 32.0 Å². The first-order chi connectivity index (χ1) is 14.1. The fraction of sp³-hybridized carbons (Fsp3) is 0.600. The Hall–Kier alpha value is -2.20. The SMILES string of the molecule is COC(=O)CC1CN(C(=O)OC(C)(C)C)CCN1CCC(=O)Nc1cc(Br)ccn1. The van der Waals surface area contributed by atoms with Gasteiger partial charge in [-0.2, -0.15) is 0 Å². The zero-order valence-corrected chi connectivity index (χ0v) is 19.4. The molecule has 1 atom stereocenters. The highest BCUT2D eigenvalue weighted by molar-refractivity contribution is 9.10. The highest BCUT2D eigenvalue weighted by Crippen LogP contribution is 2.18. The van der Waals surface area contributed by atoms with Gasteiger partial charge in [-0.05, 0) is 32.9 Å². The number of piperazine rings is 1. The summed E-state index contributed by atoms with van der Waals surface area (Å²) in [5, 5.41) is 2.76. The number of anilines is 1. The monoisotopic (exact) mass is 484 g/mol. The molecule has 0 bridgehead atoms. The molecule has 1 unspecified atom stereocenters. The van der Waals surface area contributed by atoms with E-state index in [0.717, 1.165) is 4.47 Å². The Morgan fingerprint density at radius 3 is 2.67 bits per heavy atom. The third-order valence-electron chi connectivity index (χ3n) is 4.50. The normalized spacial score (nSPS) is 17.4. The molecule has 0 spiro atoms. The van der Waals surface area contributed by atoms with E-state index in [-0.39, 0.29) is 30.8 Å². The lowest BCUT2D eigenvalue weighted by molar-refractivity contribution is -0.142. The molecule has 2 rings (SSSR count). The second kappa shape index (κ2) is 10.7. The van der Waals surface area contributed by atoms with Crippen LogP contribution in [0.3, 0.4) is 0 Å². The molecule has 1 N–H and O–H groups in total. The lowest BCUT2D eigenvalue weighted by Gasteiger charge is -2.41. The standard InChI is InChI=1S/C20H29BrN4O5/c1-20(2,3)30-19(28)25-10-9-24(15(13-25)12-18(27)29-4)8-6-17(26)23-16-11-14(21)5-7-22-16/h5,7,11,15H,6,8-10,12-13H2,1-4H3,(H,22,23,26). The molecule has 30 heavy (non-hydrogen) atoms. The zero-order valence-electron chi connectivity index (χ0n) is 17.8. The maximum atomic E-state index is 12.4. The molecule has 2 amide bonds. The van der Waals surface area contributed by atoms with Gasteiger partial charge in [0.2, 0.25) is 5.91 Å². The summed E-state index contributed by atoms with van der Waals surface area (Å²) in [5.41, 5.74) is -0.593. The first-order valence-electron chi connectivity index (χ1n) is 9.77. The number of hydrogen-bond acceptors (Lipinski definition) is 7. The number of esters is 1. The van der Waals surface area contributed by atoms with Crippen molar-refractivity contribution in [3.63, 3.8) is 0 Å². The van der Waals surface area contributed by atoms with Crippen LogP contribution in [0.5, 0.6) is 0 Å². The fourth-order valence-corrected chi connectivity index (χ4v) is 3.41. The summed E-state index contributed by atoms with van der Waals surface area (Å²) in [4.78, 5) is 44.3. The second-order valence-corrected chi connectivity index (χ2v) is 8.97. The number of nitrogens with zero attached hydrogens (tertiary/aromatic N) is 3. The minimum atomic E-state index is -0.593. The molecule has 1 aliphatic rings. The van der Waals surface area contributed by atoms with Crippen molar-refractivity contribution in [1.82, 2.24) is 14.8 Å². The molecule has 2 heterocycles. The van der Waals surface area contributed by atoms with Crippen LogP contribution in [-0.4, -0.2) is 77.7 Å². The molecule has 166 valence electrons. The maximum absolute atomic E-state index is 12.4. The number of carbonyl (C=O) groups is 3. The predicted molar refractivity (Wildman–Crippen MR) is 115 cm³/mol. The largest absolute Gasteiger partial charge is 0.469 e. The second-order valence-electron chi connectivity index (χ2n) is 8.05. The van der Waals surface area contributed by atoms with Gasteiger partial charge in [-0.1, -0.05) is 15.9 Å². The molecular weight excluding hydrogens is 456 g/mol. The van der Waals surface area contributed by atoms with Gasteiger partial charge in [-0.15, -0.1) is 0 Å². The van der Waals surface area contributed by atoms with E-state index < -0.39 is 11.7 Å². The van der Waals surface area contributed by atoms with Gasteiger partial charge >= 0.3 is 12.1 Å². The Morgan fingerprint density at radius 1 is 1.30 bits per heavy atom. The highest BCUT2D eigenvalue weighted by atomic mass is 79.9. The van der Waals surface area contributed by atoms with E-state index in [1.54, 1.807) is 23.2 Å². The van der Waals surface area contributed by atoms with Gasteiger partial charge in [0.1, 0.15) is 11.4 Å². The van der Waals surface area contributed by atoms with Gasteiger partial charge in [-0.3, -0.25) is 14.5 Å². The number of halogens is 1. The summed E-state index contributed by atoms with van der Waals surface area (Å²) in [6.45, 7) is 7.21. The number of aromatic nitrogens is 1. The van der Waals surface area contributed by atoms with Crippen molar-refractivity contribution in [3.05, 3.63) is 22.8 Å². The molecule has 10 heteroatoms. The van der Waals surface area contributed by atoms with Crippen molar-refractivity contribution in [2.75, 3.05) is 38.6 Å². The smallest absolute Gasteiger partial charge is 0.410 e. The molecule has 0 aromatic carbocycles. The van der Waals surface area contributed by atoms with Crippen molar-refractivity contribution >= 4 is 39.7 Å². The van der Waals surface area contributed by atoms with Crippen LogP contribution < -0.4 is 5.32 Å². The number of pyridine rings is 1. The molecule has 1 aromatic heterocycles. The number of hydrogen-bond donors (Lipinski definition) is 1. The Labute approximate surface area is 185 Å². The van der Waals surface area contributed by atoms with Crippen LogP contribution in [0, 0.1) is 0 Å². The van der Waals surface area contributed by atoms with Gasteiger partial charge in [0, 0.05) is 49.3 Å². The highest BCUT2D eigenvalue weighted by Gasteiger charge is 2.33. The number of rotatable bonds is 6. The van der Waals surface area contributed by atoms with Crippen LogP contribution in [-0.2, 0) is 19.1 Å². The lowest BCUT2D eigenvalue weighted by Crippen LogP contribution is -2.56. The van der Waals surface area contributed by atoms with E-state index in [9.17, 15) is 14.4 Å². The maximum Gasteiger partial charge on any atom is 0.410 e. The summed E-state index contributed by atoms with van der Waals surface area (Å²) in [6, 6.07) is 3.24. The van der Waals surface area contributed by atoms with Gasteiger partial charge in [-0.25, -0.2) is 9.78 Å². The average molecular weight is 485 g/mol. The van der Waals surface area contributed by atoms with Crippen molar-refractivity contribution in [3.8, 4) is 0 Å². The summed E-state index contributed by atoms with van der Waals surface area (Å²) < 4.78 is 11.1. The van der Waals surface area contributed by atoms with E-state index in [4.69, 9.17) is 9.47 Å². The number of nitrogens with one attached hydrogen (secondary N) is 1. The third kappa shape index (κ3) is 7.91. The topological polar surface area (TPSA) is 101 Å². The Kier molecular flexibility index (Phi) is 8.60. The van der Waals surface area contributed by atoms with Gasteiger partial charge in [0.25, 0.3) is 0 Å². The average Bonchev–Trinajstić information content (AvgIpc) is 2.65. The Morgan fingerprint density at radius 2 is 2.03 bits per heavy atom. The Balaban J connectivity index is 1.95. The summed E-state index contributed by atoms with van der Waals surface area (Å²) >= 11 is 3.34. The number of carbonyl (C=O) groups excluding carboxylic acids is 3. The van der Waals surface area contributed by atoms with E-state index in [1.807, 2.05) is 25.7 Å². The van der Waals surface area contributed by atoms with Crippen LogP contribution in [0.4, 0.5) is 10.6 Å². The summed E-state index contributed by atoms with van der Waals surface area (Å²) in [7, 11) is 1.33. The lowest BCUT2D eigenvalue weighted by atomic mass is 10.1. The summed E-state index contributed by atoms with van der Waals surface area (Å²) in [5.74, 6) is -0.0685. The van der Waals surface area contributed by atoms with Crippen molar-refractivity contribution in [2.45, 2.75) is 45.3 Å². The molecule has 1 aromatic rings. The Bertz CT molecular complexity index is 768. The zero-order chi connectivity index (χ0) is 22.3. The van der Waals surface area contributed by atoms with E-state index in [2.05, 4.69) is 26.2 Å². The summed E-state index contributed by atoms with van der Waals surface area (Å²) in [6.07, 6.45) is 1.56. The molecule has 1 fully saturated rings. The van der Waals surface area contributed by atoms with E-state index in [1.165, 1.54) is 7.11 Å². The molecule has 0 radical (unpaired) electrons. The third-order valence-corrected chi connectivity index (χ3v) is 5.00. The molecule has 1 saturated heterocycles. The van der Waals surface area contributed by atoms with Gasteiger partial charge in [0.05, 0.1) is 13.5 Å². The van der Waals surface area contributed by atoms with Crippen LogP contribution in [0.2, 0.25) is 0 Å². The van der Waals surface area contributed by atoms with Crippen LogP contribution in [0.25, 0.3) is 0 Å². The molecule has 0 aliphatic carbocycles. The molecule has 0 saturated carbocycles. The van der Waals surface area contributed by atoms with Crippen molar-refractivity contribution in [1.29, 1.82) is 0 Å². The first-order valence-corrected chi connectivity index (χ1v) is 10.6. The van der Waals surface area contributed by atoms with Crippen molar-refractivity contribution in [2.24, 2.45) is 0 Å². The van der Waals surface area contributed by atoms with E-state index >= 15 is 0 Å².